The predicted octanol–water partition coefficient (Wildman–Crippen LogP) is 13.4. The lowest BCUT2D eigenvalue weighted by molar-refractivity contribution is 0.474. The van der Waals surface area contributed by atoms with Crippen LogP contribution in [-0.4, -0.2) is 0 Å². The molecule has 11 rings (SSSR count). The second-order valence-electron chi connectivity index (χ2n) is 12.7. The predicted molar refractivity (Wildman–Crippen MR) is 201 cm³/mol. The zero-order valence-corrected chi connectivity index (χ0v) is 26.6. The summed E-state index contributed by atoms with van der Waals surface area (Å²) in [5.41, 5.74) is 4.18. The molecule has 4 nitrogen and oxygen atoms in total. The summed E-state index contributed by atoms with van der Waals surface area (Å²) in [5, 5.41) is 8.27. The van der Waals surface area contributed by atoms with E-state index in [4.69, 9.17) is 18.9 Å². The van der Waals surface area contributed by atoms with Gasteiger partial charge in [-0.05, 0) is 59.3 Å². The molecule has 4 heteroatoms. The van der Waals surface area contributed by atoms with Crippen molar-refractivity contribution in [2.75, 3.05) is 0 Å². The Morgan fingerprint density at radius 2 is 0.700 bits per heavy atom. The van der Waals surface area contributed by atoms with E-state index in [0.717, 1.165) is 111 Å². The van der Waals surface area contributed by atoms with Crippen LogP contribution in [0.25, 0.3) is 65.3 Å². The molecular formula is C46H26O4. The summed E-state index contributed by atoms with van der Waals surface area (Å²) in [7, 11) is 0. The Morgan fingerprint density at radius 1 is 0.340 bits per heavy atom. The van der Waals surface area contributed by atoms with Gasteiger partial charge in [0.05, 0.1) is 0 Å². The van der Waals surface area contributed by atoms with Crippen molar-refractivity contribution in [2.45, 2.75) is 0 Å². The Balaban J connectivity index is 1.24. The molecule has 0 fully saturated rings. The summed E-state index contributed by atoms with van der Waals surface area (Å²) in [6.07, 6.45) is 0. The van der Waals surface area contributed by atoms with E-state index in [9.17, 15) is 0 Å². The topological polar surface area (TPSA) is 36.9 Å². The lowest BCUT2D eigenvalue weighted by Gasteiger charge is -2.30. The third-order valence-corrected chi connectivity index (χ3v) is 9.91. The van der Waals surface area contributed by atoms with Gasteiger partial charge in [0.2, 0.25) is 0 Å². The van der Waals surface area contributed by atoms with Gasteiger partial charge < -0.3 is 18.9 Å². The highest BCUT2D eigenvalue weighted by Gasteiger charge is 2.33. The lowest BCUT2D eigenvalue weighted by atomic mass is 9.82. The Morgan fingerprint density at radius 3 is 1.12 bits per heavy atom. The van der Waals surface area contributed by atoms with Gasteiger partial charge >= 0.3 is 0 Å². The molecule has 0 radical (unpaired) electrons. The minimum absolute atomic E-state index is 0.776. The highest BCUT2D eigenvalue weighted by molar-refractivity contribution is 6.28. The molecule has 0 saturated heterocycles. The summed E-state index contributed by atoms with van der Waals surface area (Å²) in [4.78, 5) is 0. The van der Waals surface area contributed by atoms with Crippen LogP contribution in [0, 0.1) is 0 Å². The summed E-state index contributed by atoms with van der Waals surface area (Å²) < 4.78 is 27.0. The second kappa shape index (κ2) is 10.4. The molecule has 234 valence electrons. The first kappa shape index (κ1) is 27.2. The molecule has 2 aliphatic rings. The maximum absolute atomic E-state index is 6.92. The molecule has 0 saturated carbocycles. The van der Waals surface area contributed by atoms with Crippen molar-refractivity contribution in [3.8, 4) is 68.2 Å². The summed E-state index contributed by atoms with van der Waals surface area (Å²) in [5.74, 6) is 6.36. The van der Waals surface area contributed by atoms with Crippen LogP contribution < -0.4 is 18.9 Å². The van der Waals surface area contributed by atoms with Crippen molar-refractivity contribution >= 4 is 43.1 Å². The molecule has 0 aliphatic carbocycles. The Hall–Kier alpha value is -6.78. The molecule has 2 heterocycles. The van der Waals surface area contributed by atoms with E-state index in [2.05, 4.69) is 72.8 Å². The Labute approximate surface area is 287 Å². The fourth-order valence-corrected chi connectivity index (χ4v) is 7.82. The van der Waals surface area contributed by atoms with E-state index in [0.29, 0.717) is 0 Å². The van der Waals surface area contributed by atoms with Crippen LogP contribution in [-0.2, 0) is 0 Å². The fourth-order valence-electron chi connectivity index (χ4n) is 7.82. The average Bonchev–Trinajstić information content (AvgIpc) is 3.18. The van der Waals surface area contributed by atoms with Crippen molar-refractivity contribution < 1.29 is 18.9 Å². The van der Waals surface area contributed by atoms with Crippen LogP contribution in [0.3, 0.4) is 0 Å². The fraction of sp³-hybridized carbons (Fsp3) is 0. The number of ether oxygens (including phenoxy) is 4. The second-order valence-corrected chi connectivity index (χ2v) is 12.7. The first-order valence-corrected chi connectivity index (χ1v) is 16.8. The first-order valence-electron chi connectivity index (χ1n) is 16.8. The average molecular weight is 643 g/mol. The monoisotopic (exact) mass is 642 g/mol. The van der Waals surface area contributed by atoms with Gasteiger partial charge in [0.15, 0.2) is 0 Å². The minimum atomic E-state index is 0.776. The van der Waals surface area contributed by atoms with Gasteiger partial charge in [-0.25, -0.2) is 0 Å². The molecule has 0 spiro atoms. The number of benzene rings is 9. The van der Waals surface area contributed by atoms with Crippen LogP contribution in [0.2, 0.25) is 0 Å². The van der Waals surface area contributed by atoms with Crippen LogP contribution in [0.15, 0.2) is 158 Å². The highest BCUT2D eigenvalue weighted by atomic mass is 16.5. The molecule has 0 amide bonds. The molecule has 0 atom stereocenters. The zero-order valence-electron chi connectivity index (χ0n) is 26.6. The van der Waals surface area contributed by atoms with E-state index in [1.54, 1.807) is 0 Å². The van der Waals surface area contributed by atoms with Gasteiger partial charge in [-0.15, -0.1) is 0 Å². The highest BCUT2D eigenvalue weighted by Crippen LogP contribution is 2.61. The van der Waals surface area contributed by atoms with Crippen molar-refractivity contribution in [1.29, 1.82) is 0 Å². The number of hydrogen-bond acceptors (Lipinski definition) is 4. The minimum Gasteiger partial charge on any atom is -0.457 e. The molecule has 0 N–H and O–H groups in total. The molecule has 2 aliphatic heterocycles. The SMILES string of the molecule is c1ccc(Oc2cc3c(c4ccccc24)Oc2ccc4c5c(c6ccccc6c-3c25)-c2cc(Oc3ccccc3)c3ccccc3c2O4)cc1. The van der Waals surface area contributed by atoms with Crippen molar-refractivity contribution in [3.05, 3.63) is 158 Å². The van der Waals surface area contributed by atoms with Crippen LogP contribution in [0.5, 0.6) is 46.0 Å². The Kier molecular flexibility index (Phi) is 5.63. The summed E-state index contributed by atoms with van der Waals surface area (Å²) in [6, 6.07) is 53.5. The molecule has 50 heavy (non-hydrogen) atoms. The van der Waals surface area contributed by atoms with Gasteiger partial charge in [-0.2, -0.15) is 0 Å². The number of para-hydroxylation sites is 2. The quantitative estimate of drug-likeness (QED) is 0.179. The molecule has 0 unspecified atom stereocenters. The third kappa shape index (κ3) is 3.87. The maximum Gasteiger partial charge on any atom is 0.143 e. The smallest absolute Gasteiger partial charge is 0.143 e. The normalized spacial score (nSPS) is 12.3. The molecule has 9 aromatic carbocycles. The molecule has 0 bridgehead atoms. The lowest BCUT2D eigenvalue weighted by Crippen LogP contribution is -2.05. The van der Waals surface area contributed by atoms with E-state index in [1.165, 1.54) is 0 Å². The number of fused-ring (bicyclic) bond motifs is 11. The van der Waals surface area contributed by atoms with Crippen molar-refractivity contribution in [3.63, 3.8) is 0 Å². The van der Waals surface area contributed by atoms with Crippen molar-refractivity contribution in [1.82, 2.24) is 0 Å². The van der Waals surface area contributed by atoms with Gasteiger partial charge in [0.25, 0.3) is 0 Å². The first-order chi connectivity index (χ1) is 24.8. The van der Waals surface area contributed by atoms with Crippen LogP contribution >= 0.6 is 0 Å². The van der Waals surface area contributed by atoms with Gasteiger partial charge in [0.1, 0.15) is 46.0 Å². The number of hydrogen-bond donors (Lipinski definition) is 0. The standard InChI is InChI=1S/C46H26O4/c1-3-13-27(14-4-1)47-39-25-35-41-31-19-9-10-20-32(31)42-36-26-40(48-28-15-5-2-6-16-28)30-18-8-12-22-34(30)46(36)50-38-24-23-37(43(41)44(38)42)49-45(35)33-21-11-7-17-29(33)39/h1-26H. The molecule has 9 aromatic rings. The van der Waals surface area contributed by atoms with Crippen LogP contribution in [0.4, 0.5) is 0 Å². The van der Waals surface area contributed by atoms with Gasteiger partial charge in [-0.3, -0.25) is 0 Å². The summed E-state index contributed by atoms with van der Waals surface area (Å²) in [6.45, 7) is 0. The number of rotatable bonds is 4. The molecule has 0 aromatic heterocycles. The van der Waals surface area contributed by atoms with E-state index < -0.39 is 0 Å². The van der Waals surface area contributed by atoms with Gasteiger partial charge in [0, 0.05) is 54.6 Å². The third-order valence-electron chi connectivity index (χ3n) is 9.91. The van der Waals surface area contributed by atoms with E-state index in [-0.39, 0.29) is 0 Å². The largest absolute Gasteiger partial charge is 0.457 e. The van der Waals surface area contributed by atoms with Crippen LogP contribution in [0.1, 0.15) is 0 Å². The molecular weight excluding hydrogens is 617 g/mol. The maximum atomic E-state index is 6.92. The van der Waals surface area contributed by atoms with E-state index >= 15 is 0 Å². The van der Waals surface area contributed by atoms with E-state index in [1.807, 2.05) is 84.9 Å². The zero-order chi connectivity index (χ0) is 32.8. The summed E-state index contributed by atoms with van der Waals surface area (Å²) >= 11 is 0. The van der Waals surface area contributed by atoms with Gasteiger partial charge in [-0.1, -0.05) is 109 Å². The Bertz CT molecular complexity index is 2660. The van der Waals surface area contributed by atoms with Crippen molar-refractivity contribution in [2.24, 2.45) is 0 Å².